The molecule has 25 heavy (non-hydrogen) atoms. The highest BCUT2D eigenvalue weighted by atomic mass is 32.2. The van der Waals surface area contributed by atoms with Gasteiger partial charge in [-0.3, -0.25) is 9.48 Å². The Labute approximate surface area is 146 Å². The zero-order valence-corrected chi connectivity index (χ0v) is 15.5. The van der Waals surface area contributed by atoms with Crippen LogP contribution in [-0.4, -0.2) is 36.8 Å². The molecule has 0 radical (unpaired) electrons. The molecule has 0 saturated carbocycles. The van der Waals surface area contributed by atoms with Crippen LogP contribution in [0.5, 0.6) is 0 Å². The first kappa shape index (κ1) is 17.5. The molecule has 0 aliphatic carbocycles. The average Bonchev–Trinajstić information content (AvgIpc) is 2.93. The summed E-state index contributed by atoms with van der Waals surface area (Å²) < 4.78 is 26.7. The number of aryl methyl sites for hydroxylation is 2. The normalized spacial score (nSPS) is 17.5. The fraction of sp³-hybridized carbons (Fsp3) is 0.412. The molecule has 1 aliphatic rings. The third-order valence-corrected chi connectivity index (χ3v) is 6.47. The van der Waals surface area contributed by atoms with E-state index >= 15 is 0 Å². The van der Waals surface area contributed by atoms with Crippen molar-refractivity contribution in [1.82, 2.24) is 9.78 Å². The number of nitrogens with one attached hydrogen (secondary N) is 1. The minimum absolute atomic E-state index is 0.00855. The topological polar surface area (TPSA) is 93.5 Å². The predicted octanol–water partition coefficient (Wildman–Crippen LogP) is 2.01. The van der Waals surface area contributed by atoms with E-state index in [4.69, 9.17) is 4.84 Å². The maximum atomic E-state index is 12.6. The van der Waals surface area contributed by atoms with Crippen LogP contribution in [0, 0.1) is 13.8 Å². The van der Waals surface area contributed by atoms with Gasteiger partial charge in [-0.25, -0.2) is 8.42 Å². The highest BCUT2D eigenvalue weighted by Crippen LogP contribution is 2.36. The predicted molar refractivity (Wildman–Crippen MR) is 95.9 cm³/mol. The second-order valence-electron chi connectivity index (χ2n) is 6.10. The Morgan fingerprint density at radius 2 is 2.04 bits per heavy atom. The van der Waals surface area contributed by atoms with Crippen molar-refractivity contribution in [3.63, 3.8) is 0 Å². The number of aromatic nitrogens is 2. The van der Waals surface area contributed by atoms with E-state index in [-0.39, 0.29) is 11.3 Å². The summed E-state index contributed by atoms with van der Waals surface area (Å²) >= 11 is 0. The number of hydrogen-bond acceptors (Lipinski definition) is 5. The van der Waals surface area contributed by atoms with Crippen LogP contribution in [0.1, 0.15) is 30.0 Å². The molecule has 0 atom stereocenters. The summed E-state index contributed by atoms with van der Waals surface area (Å²) in [5, 5.41) is 6.96. The lowest BCUT2D eigenvalue weighted by molar-refractivity contribution is 0.213. The Hall–Kier alpha value is -2.35. The molecule has 0 spiro atoms. The Morgan fingerprint density at radius 3 is 2.64 bits per heavy atom. The van der Waals surface area contributed by atoms with Crippen molar-refractivity contribution in [3.05, 3.63) is 39.3 Å². The summed E-state index contributed by atoms with van der Waals surface area (Å²) in [6.07, 6.45) is 1.95. The van der Waals surface area contributed by atoms with Crippen LogP contribution in [0.4, 0.5) is 0 Å². The Kier molecular flexibility index (Phi) is 4.32. The van der Waals surface area contributed by atoms with E-state index in [0.29, 0.717) is 45.8 Å². The third-order valence-electron chi connectivity index (χ3n) is 4.58. The largest absolute Gasteiger partial charge is 0.399 e. The Bertz CT molecular complexity index is 1030. The van der Waals surface area contributed by atoms with E-state index in [1.165, 1.54) is 11.8 Å². The Balaban J connectivity index is 2.38. The average molecular weight is 363 g/mol. The second-order valence-corrected chi connectivity index (χ2v) is 8.14. The number of H-pyrrole nitrogens is 1. The number of aromatic amines is 1. The van der Waals surface area contributed by atoms with Crippen molar-refractivity contribution in [2.24, 2.45) is 5.16 Å². The van der Waals surface area contributed by atoms with Gasteiger partial charge in [0, 0.05) is 24.7 Å². The zero-order chi connectivity index (χ0) is 18.4. The van der Waals surface area contributed by atoms with Crippen molar-refractivity contribution in [2.75, 3.05) is 12.9 Å². The number of benzene rings is 1. The van der Waals surface area contributed by atoms with Gasteiger partial charge in [0.2, 0.25) is 0 Å². The Morgan fingerprint density at radius 1 is 1.32 bits per heavy atom. The fourth-order valence-electron chi connectivity index (χ4n) is 3.42. The van der Waals surface area contributed by atoms with E-state index in [1.54, 1.807) is 19.2 Å². The van der Waals surface area contributed by atoms with Crippen LogP contribution in [0.2, 0.25) is 0 Å². The van der Waals surface area contributed by atoms with Crippen LogP contribution in [0.25, 0.3) is 11.1 Å². The number of hydrogen-bond donors (Lipinski definition) is 1. The first-order valence-corrected chi connectivity index (χ1v) is 9.73. The van der Waals surface area contributed by atoms with Crippen molar-refractivity contribution in [1.29, 1.82) is 0 Å². The van der Waals surface area contributed by atoms with E-state index in [9.17, 15) is 13.2 Å². The van der Waals surface area contributed by atoms with E-state index < -0.39 is 9.84 Å². The molecule has 0 amide bonds. The lowest BCUT2D eigenvalue weighted by Gasteiger charge is -2.23. The molecule has 7 nitrogen and oxygen atoms in total. The molecule has 1 aliphatic heterocycles. The summed E-state index contributed by atoms with van der Waals surface area (Å²) in [7, 11) is -1.94. The van der Waals surface area contributed by atoms with Crippen molar-refractivity contribution in [3.8, 4) is 11.1 Å². The maximum Gasteiger partial charge on any atom is 0.274 e. The fourth-order valence-corrected chi connectivity index (χ4v) is 5.21. The van der Waals surface area contributed by atoms with E-state index in [1.807, 2.05) is 13.8 Å². The van der Waals surface area contributed by atoms with Crippen molar-refractivity contribution in [2.45, 2.75) is 38.6 Å². The number of rotatable bonds is 3. The highest BCUT2D eigenvalue weighted by Gasteiger charge is 2.33. The van der Waals surface area contributed by atoms with Gasteiger partial charge in [0.15, 0.2) is 9.84 Å². The maximum absolute atomic E-state index is 12.6. The van der Waals surface area contributed by atoms with Crippen LogP contribution in [0.15, 0.2) is 27.1 Å². The molecule has 0 bridgehead atoms. The molecule has 1 aromatic carbocycles. The smallest absolute Gasteiger partial charge is 0.274 e. The molecular weight excluding hydrogens is 342 g/mol. The van der Waals surface area contributed by atoms with Crippen LogP contribution in [0.3, 0.4) is 0 Å². The van der Waals surface area contributed by atoms with Crippen molar-refractivity contribution < 1.29 is 13.3 Å². The molecular formula is C17H21N3O4S. The van der Waals surface area contributed by atoms with Crippen LogP contribution < -0.4 is 5.56 Å². The van der Waals surface area contributed by atoms with E-state index in [0.717, 1.165) is 5.56 Å². The standard InChI is InChI=1S/C17H21N3O4S/c1-5-20-17(21)13(9-18-20)12-8-10(2)16-15(11(12)3)14(19-24-4)6-7-25(16,22)23/h8-9,18H,5-7H2,1-4H3. The third kappa shape index (κ3) is 2.70. The lowest BCUT2D eigenvalue weighted by atomic mass is 9.92. The summed E-state index contributed by atoms with van der Waals surface area (Å²) in [6, 6.07) is 1.77. The van der Waals surface area contributed by atoms with Crippen LogP contribution >= 0.6 is 0 Å². The number of nitrogens with zero attached hydrogens (tertiary/aromatic N) is 2. The molecule has 1 N–H and O–H groups in total. The lowest BCUT2D eigenvalue weighted by Crippen LogP contribution is -2.25. The first-order chi connectivity index (χ1) is 11.8. The van der Waals surface area contributed by atoms with Gasteiger partial charge in [0.1, 0.15) is 7.11 Å². The highest BCUT2D eigenvalue weighted by molar-refractivity contribution is 7.91. The van der Waals surface area contributed by atoms with Gasteiger partial charge in [0.05, 0.1) is 21.9 Å². The molecule has 1 aromatic heterocycles. The SMILES string of the molecule is CCn1[nH]cc(-c2cc(C)c3c(c2C)C(=NOC)CCS3(=O)=O)c1=O. The minimum Gasteiger partial charge on any atom is -0.399 e. The first-order valence-electron chi connectivity index (χ1n) is 8.07. The van der Waals surface area contributed by atoms with Gasteiger partial charge in [-0.15, -0.1) is 0 Å². The number of oxime groups is 1. The van der Waals surface area contributed by atoms with Gasteiger partial charge < -0.3 is 9.94 Å². The molecule has 134 valence electrons. The summed E-state index contributed by atoms with van der Waals surface area (Å²) in [5.41, 5.74) is 3.60. The van der Waals surface area contributed by atoms with Gasteiger partial charge in [0.25, 0.3) is 5.56 Å². The van der Waals surface area contributed by atoms with Gasteiger partial charge in [-0.1, -0.05) is 5.16 Å². The minimum atomic E-state index is -3.38. The molecule has 2 aromatic rings. The van der Waals surface area contributed by atoms with E-state index in [2.05, 4.69) is 10.3 Å². The molecule has 3 rings (SSSR count). The second kappa shape index (κ2) is 6.18. The molecule has 0 unspecified atom stereocenters. The summed E-state index contributed by atoms with van der Waals surface area (Å²) in [5.74, 6) is 0.00855. The van der Waals surface area contributed by atoms with Gasteiger partial charge in [-0.2, -0.15) is 0 Å². The molecule has 2 heterocycles. The van der Waals surface area contributed by atoms with Gasteiger partial charge >= 0.3 is 0 Å². The number of sulfone groups is 1. The van der Waals surface area contributed by atoms with Gasteiger partial charge in [-0.05, 0) is 43.5 Å². The number of fused-ring (bicyclic) bond motifs is 1. The molecule has 8 heteroatoms. The summed E-state index contributed by atoms with van der Waals surface area (Å²) in [6.45, 7) is 5.98. The van der Waals surface area contributed by atoms with Crippen LogP contribution in [-0.2, 0) is 21.2 Å². The zero-order valence-electron chi connectivity index (χ0n) is 14.7. The van der Waals surface area contributed by atoms with Crippen molar-refractivity contribution >= 4 is 15.5 Å². The summed E-state index contributed by atoms with van der Waals surface area (Å²) in [4.78, 5) is 17.7. The molecule has 0 saturated heterocycles. The quantitative estimate of drug-likeness (QED) is 0.844. The monoisotopic (exact) mass is 363 g/mol. The molecule has 0 fully saturated rings.